The van der Waals surface area contributed by atoms with Gasteiger partial charge in [0.1, 0.15) is 0 Å². The number of aromatic nitrogens is 2. The van der Waals surface area contributed by atoms with Crippen LogP contribution in [-0.2, 0) is 6.54 Å². The fourth-order valence-corrected chi connectivity index (χ4v) is 2.35. The van der Waals surface area contributed by atoms with E-state index in [0.29, 0.717) is 12.1 Å². The number of alkyl halides is 1. The molecule has 1 heterocycles. The number of halogens is 1. The van der Waals surface area contributed by atoms with Crippen molar-refractivity contribution >= 4 is 15.9 Å². The van der Waals surface area contributed by atoms with E-state index < -0.39 is 0 Å². The maximum absolute atomic E-state index is 4.67. The van der Waals surface area contributed by atoms with Crippen LogP contribution in [-0.4, -0.2) is 33.1 Å². The number of hydrogen-bond donors (Lipinski definition) is 0. The quantitative estimate of drug-likeness (QED) is 0.719. The lowest BCUT2D eigenvalue weighted by molar-refractivity contribution is 0.265. The van der Waals surface area contributed by atoms with E-state index >= 15 is 0 Å². The third kappa shape index (κ3) is 4.11. The van der Waals surface area contributed by atoms with Crippen molar-refractivity contribution in [3.8, 4) is 0 Å². The van der Waals surface area contributed by atoms with E-state index in [4.69, 9.17) is 0 Å². The van der Waals surface area contributed by atoms with Crippen LogP contribution in [0.4, 0.5) is 0 Å². The van der Waals surface area contributed by atoms with Crippen LogP contribution in [0.1, 0.15) is 45.3 Å². The Morgan fingerprint density at radius 1 is 1.41 bits per heavy atom. The van der Waals surface area contributed by atoms with Gasteiger partial charge in [0, 0.05) is 24.1 Å². The van der Waals surface area contributed by atoms with Gasteiger partial charge in [0.05, 0.1) is 11.7 Å². The molecule has 0 radical (unpaired) electrons. The van der Waals surface area contributed by atoms with Gasteiger partial charge in [-0.3, -0.25) is 9.58 Å². The van der Waals surface area contributed by atoms with Crippen LogP contribution in [0.5, 0.6) is 0 Å². The molecule has 1 atom stereocenters. The minimum absolute atomic E-state index is 0.535. The highest BCUT2D eigenvalue weighted by Crippen LogP contribution is 2.15. The summed E-state index contributed by atoms with van der Waals surface area (Å²) >= 11 is 3.51. The monoisotopic (exact) mass is 301 g/mol. The minimum Gasteiger partial charge on any atom is -0.297 e. The highest BCUT2D eigenvalue weighted by molar-refractivity contribution is 9.09. The van der Waals surface area contributed by atoms with E-state index in [2.05, 4.69) is 70.7 Å². The lowest BCUT2D eigenvalue weighted by Crippen LogP contribution is -2.29. The first-order valence-corrected chi connectivity index (χ1v) is 7.54. The van der Waals surface area contributed by atoms with Gasteiger partial charge >= 0.3 is 0 Å². The summed E-state index contributed by atoms with van der Waals surface area (Å²) in [5.74, 6) is 0. The van der Waals surface area contributed by atoms with Gasteiger partial charge in [0.2, 0.25) is 0 Å². The Labute approximate surface area is 113 Å². The summed E-state index contributed by atoms with van der Waals surface area (Å²) in [6.45, 7) is 7.57. The summed E-state index contributed by atoms with van der Waals surface area (Å²) in [7, 11) is 2.14. The Hall–Kier alpha value is -0.350. The lowest BCUT2D eigenvalue weighted by Gasteiger charge is -2.21. The second-order valence-electron chi connectivity index (χ2n) is 4.68. The molecule has 0 aliphatic heterocycles. The molecule has 0 amide bonds. The first kappa shape index (κ1) is 14.7. The maximum Gasteiger partial charge on any atom is 0.0764 e. The van der Waals surface area contributed by atoms with E-state index in [1.165, 1.54) is 0 Å². The largest absolute Gasteiger partial charge is 0.297 e. The van der Waals surface area contributed by atoms with E-state index in [-0.39, 0.29) is 0 Å². The zero-order valence-corrected chi connectivity index (χ0v) is 12.9. The average Bonchev–Trinajstić information content (AvgIpc) is 2.78. The first-order valence-electron chi connectivity index (χ1n) is 6.42. The fourth-order valence-electron chi connectivity index (χ4n) is 1.86. The van der Waals surface area contributed by atoms with Gasteiger partial charge in [-0.25, -0.2) is 0 Å². The SMILES string of the molecule is CCC(CC)n1ccc(CN(C)C(C)CBr)n1. The molecule has 0 aliphatic rings. The summed E-state index contributed by atoms with van der Waals surface area (Å²) in [6.07, 6.45) is 4.40. The van der Waals surface area contributed by atoms with Gasteiger partial charge in [-0.15, -0.1) is 0 Å². The molecule has 1 unspecified atom stereocenters. The molecule has 0 spiro atoms. The second kappa shape index (κ2) is 7.17. The molecule has 0 aromatic carbocycles. The summed E-state index contributed by atoms with van der Waals surface area (Å²) in [5, 5.41) is 5.67. The fraction of sp³-hybridized carbons (Fsp3) is 0.769. The number of nitrogens with zero attached hydrogens (tertiary/aromatic N) is 3. The topological polar surface area (TPSA) is 21.1 Å². The smallest absolute Gasteiger partial charge is 0.0764 e. The lowest BCUT2D eigenvalue weighted by atomic mass is 10.2. The Balaban J connectivity index is 2.62. The molecule has 0 aliphatic carbocycles. The molecule has 17 heavy (non-hydrogen) atoms. The van der Waals surface area contributed by atoms with Crippen LogP contribution in [0.2, 0.25) is 0 Å². The summed E-state index contributed by atoms with van der Waals surface area (Å²) in [4.78, 5) is 2.31. The van der Waals surface area contributed by atoms with Crippen LogP contribution in [0.25, 0.3) is 0 Å². The zero-order valence-electron chi connectivity index (χ0n) is 11.4. The van der Waals surface area contributed by atoms with Gasteiger partial charge in [0.25, 0.3) is 0 Å². The van der Waals surface area contributed by atoms with Crippen molar-refractivity contribution < 1.29 is 0 Å². The number of rotatable bonds is 7. The van der Waals surface area contributed by atoms with Crippen LogP contribution >= 0.6 is 15.9 Å². The number of hydrogen-bond acceptors (Lipinski definition) is 2. The standard InChI is InChI=1S/C13H24BrN3/c1-5-13(6-2)17-8-7-12(15-17)10-16(4)11(3)9-14/h7-8,11,13H,5-6,9-10H2,1-4H3. The van der Waals surface area contributed by atoms with E-state index in [1.807, 2.05) is 0 Å². The predicted octanol–water partition coefficient (Wildman–Crippen LogP) is 3.46. The van der Waals surface area contributed by atoms with Crippen molar-refractivity contribution in [3.63, 3.8) is 0 Å². The minimum atomic E-state index is 0.535. The first-order chi connectivity index (χ1) is 8.12. The molecule has 0 N–H and O–H groups in total. The van der Waals surface area contributed by atoms with Crippen LogP contribution in [0, 0.1) is 0 Å². The zero-order chi connectivity index (χ0) is 12.8. The molecule has 0 bridgehead atoms. The Morgan fingerprint density at radius 3 is 2.59 bits per heavy atom. The molecule has 98 valence electrons. The van der Waals surface area contributed by atoms with Gasteiger partial charge in [-0.2, -0.15) is 5.10 Å². The van der Waals surface area contributed by atoms with Crippen LogP contribution < -0.4 is 0 Å². The van der Waals surface area contributed by atoms with Crippen LogP contribution in [0.3, 0.4) is 0 Å². The van der Waals surface area contributed by atoms with Crippen molar-refractivity contribution in [1.29, 1.82) is 0 Å². The van der Waals surface area contributed by atoms with E-state index in [0.717, 1.165) is 30.4 Å². The Bertz CT molecular complexity index is 320. The van der Waals surface area contributed by atoms with Crippen molar-refractivity contribution in [2.24, 2.45) is 0 Å². The molecule has 1 rings (SSSR count). The highest BCUT2D eigenvalue weighted by Gasteiger charge is 2.11. The molecule has 0 fully saturated rings. The van der Waals surface area contributed by atoms with Crippen molar-refractivity contribution in [2.45, 2.75) is 52.2 Å². The molecule has 1 aromatic heterocycles. The van der Waals surface area contributed by atoms with Gasteiger partial charge < -0.3 is 0 Å². The third-order valence-electron chi connectivity index (χ3n) is 3.37. The van der Waals surface area contributed by atoms with E-state index in [9.17, 15) is 0 Å². The normalized spacial score (nSPS) is 13.6. The molecule has 4 heteroatoms. The van der Waals surface area contributed by atoms with Crippen molar-refractivity contribution in [1.82, 2.24) is 14.7 Å². The highest BCUT2D eigenvalue weighted by atomic mass is 79.9. The van der Waals surface area contributed by atoms with Gasteiger partial charge in [-0.05, 0) is 32.9 Å². The molecular formula is C13H24BrN3. The predicted molar refractivity (Wildman–Crippen MR) is 76.6 cm³/mol. The summed E-state index contributed by atoms with van der Waals surface area (Å²) in [6, 6.07) is 3.21. The molecule has 1 aromatic rings. The van der Waals surface area contributed by atoms with Gasteiger partial charge in [-0.1, -0.05) is 29.8 Å². The van der Waals surface area contributed by atoms with E-state index in [1.54, 1.807) is 0 Å². The molecule has 0 saturated heterocycles. The summed E-state index contributed by atoms with van der Waals surface area (Å²) < 4.78 is 2.11. The van der Waals surface area contributed by atoms with Crippen molar-refractivity contribution in [3.05, 3.63) is 18.0 Å². The van der Waals surface area contributed by atoms with Crippen molar-refractivity contribution in [2.75, 3.05) is 12.4 Å². The Morgan fingerprint density at radius 2 is 2.06 bits per heavy atom. The average molecular weight is 302 g/mol. The third-order valence-corrected chi connectivity index (χ3v) is 4.30. The van der Waals surface area contributed by atoms with Gasteiger partial charge in [0.15, 0.2) is 0 Å². The molecular weight excluding hydrogens is 278 g/mol. The summed E-state index contributed by atoms with van der Waals surface area (Å²) in [5.41, 5.74) is 1.16. The second-order valence-corrected chi connectivity index (χ2v) is 5.32. The Kier molecular flexibility index (Phi) is 6.20. The maximum atomic E-state index is 4.67. The molecule has 3 nitrogen and oxygen atoms in total. The molecule has 0 saturated carbocycles. The van der Waals surface area contributed by atoms with Crippen LogP contribution in [0.15, 0.2) is 12.3 Å².